The van der Waals surface area contributed by atoms with Gasteiger partial charge in [-0.3, -0.25) is 4.79 Å². The van der Waals surface area contributed by atoms with Crippen LogP contribution < -0.4 is 0 Å². The molecule has 1 aliphatic rings. The fourth-order valence-corrected chi connectivity index (χ4v) is 3.27. The van der Waals surface area contributed by atoms with Gasteiger partial charge in [0, 0.05) is 19.7 Å². The first-order valence-corrected chi connectivity index (χ1v) is 8.32. The van der Waals surface area contributed by atoms with Gasteiger partial charge in [-0.15, -0.1) is 0 Å². The van der Waals surface area contributed by atoms with Crippen LogP contribution in [0.1, 0.15) is 23.2 Å². The largest absolute Gasteiger partial charge is 0.396 e. The maximum absolute atomic E-state index is 12.8. The van der Waals surface area contributed by atoms with Gasteiger partial charge in [-0.1, -0.05) is 48.0 Å². The van der Waals surface area contributed by atoms with Gasteiger partial charge in [-0.25, -0.2) is 0 Å². The summed E-state index contributed by atoms with van der Waals surface area (Å²) in [6.45, 7) is 1.45. The minimum absolute atomic E-state index is 0.0501. The quantitative estimate of drug-likeness (QED) is 0.929. The van der Waals surface area contributed by atoms with Crippen molar-refractivity contribution in [2.24, 2.45) is 5.92 Å². The van der Waals surface area contributed by atoms with Gasteiger partial charge >= 0.3 is 0 Å². The number of aliphatic hydroxyl groups is 1. The average molecular weight is 330 g/mol. The van der Waals surface area contributed by atoms with Crippen LogP contribution in [0.15, 0.2) is 48.5 Å². The Hall–Kier alpha value is -1.84. The standard InChI is InChI=1S/C19H20ClNO2/c20-18-9-8-16(15-6-2-1-3-7-15)11-17(18)19(23)21-10-4-5-14(12-21)13-22/h1-3,6-9,11,14,22H,4-5,10,12-13H2. The SMILES string of the molecule is O=C(c1cc(-c2ccccc2)ccc1Cl)N1CCCC(CO)C1. The van der Waals surface area contributed by atoms with Gasteiger partial charge < -0.3 is 10.0 Å². The van der Waals surface area contributed by atoms with Crippen LogP contribution in [0, 0.1) is 5.92 Å². The molecule has 0 bridgehead atoms. The lowest BCUT2D eigenvalue weighted by Gasteiger charge is -2.32. The Balaban J connectivity index is 1.88. The molecule has 3 nitrogen and oxygen atoms in total. The predicted octanol–water partition coefficient (Wildman–Crippen LogP) is 3.85. The van der Waals surface area contributed by atoms with Crippen LogP contribution >= 0.6 is 11.6 Å². The second-order valence-electron chi connectivity index (χ2n) is 6.00. The van der Waals surface area contributed by atoms with E-state index in [1.54, 1.807) is 11.0 Å². The summed E-state index contributed by atoms with van der Waals surface area (Å²) in [6.07, 6.45) is 1.89. The van der Waals surface area contributed by atoms with E-state index in [0.717, 1.165) is 30.5 Å². The molecule has 0 aliphatic carbocycles. The average Bonchev–Trinajstić information content (AvgIpc) is 2.62. The van der Waals surface area contributed by atoms with E-state index in [-0.39, 0.29) is 18.4 Å². The van der Waals surface area contributed by atoms with E-state index in [9.17, 15) is 9.90 Å². The first-order chi connectivity index (χ1) is 11.2. The molecule has 1 unspecified atom stereocenters. The van der Waals surface area contributed by atoms with Crippen molar-refractivity contribution < 1.29 is 9.90 Å². The molecule has 1 fully saturated rings. The number of benzene rings is 2. The Bertz CT molecular complexity index is 687. The van der Waals surface area contributed by atoms with Gasteiger partial charge in [0.05, 0.1) is 10.6 Å². The van der Waals surface area contributed by atoms with Crippen LogP contribution in [-0.4, -0.2) is 35.6 Å². The third-order valence-corrected chi connectivity index (χ3v) is 4.70. The lowest BCUT2D eigenvalue weighted by Crippen LogP contribution is -2.41. The number of carbonyl (C=O) groups excluding carboxylic acids is 1. The van der Waals surface area contributed by atoms with Crippen molar-refractivity contribution in [3.05, 3.63) is 59.1 Å². The van der Waals surface area contributed by atoms with E-state index in [1.807, 2.05) is 42.5 Å². The first kappa shape index (κ1) is 16.0. The van der Waals surface area contributed by atoms with Crippen LogP contribution in [0.5, 0.6) is 0 Å². The van der Waals surface area contributed by atoms with Crippen molar-refractivity contribution in [3.63, 3.8) is 0 Å². The van der Waals surface area contributed by atoms with Gasteiger partial charge in [0.2, 0.25) is 0 Å². The number of hydrogen-bond acceptors (Lipinski definition) is 2. The molecule has 1 heterocycles. The molecule has 23 heavy (non-hydrogen) atoms. The summed E-state index contributed by atoms with van der Waals surface area (Å²) in [4.78, 5) is 14.6. The van der Waals surface area contributed by atoms with Crippen LogP contribution in [0.3, 0.4) is 0 Å². The van der Waals surface area contributed by atoms with Gasteiger partial charge in [-0.2, -0.15) is 0 Å². The number of amides is 1. The van der Waals surface area contributed by atoms with E-state index >= 15 is 0 Å². The smallest absolute Gasteiger partial charge is 0.255 e. The number of nitrogens with zero attached hydrogens (tertiary/aromatic N) is 1. The Labute approximate surface area is 141 Å². The number of piperidine rings is 1. The van der Waals surface area contributed by atoms with Crippen molar-refractivity contribution in [2.75, 3.05) is 19.7 Å². The molecule has 1 amide bonds. The summed E-state index contributed by atoms with van der Waals surface area (Å²) in [5.41, 5.74) is 2.57. The highest BCUT2D eigenvalue weighted by atomic mass is 35.5. The molecule has 0 spiro atoms. The number of halogens is 1. The first-order valence-electron chi connectivity index (χ1n) is 7.94. The van der Waals surface area contributed by atoms with Crippen molar-refractivity contribution in [1.82, 2.24) is 4.90 Å². The molecule has 0 saturated carbocycles. The Kier molecular flexibility index (Phi) is 4.99. The van der Waals surface area contributed by atoms with Crippen molar-refractivity contribution in [3.8, 4) is 11.1 Å². The van der Waals surface area contributed by atoms with Crippen LogP contribution in [0.4, 0.5) is 0 Å². The van der Waals surface area contributed by atoms with Gasteiger partial charge in [0.1, 0.15) is 0 Å². The zero-order valence-corrected chi connectivity index (χ0v) is 13.7. The zero-order chi connectivity index (χ0) is 16.2. The van der Waals surface area contributed by atoms with E-state index in [2.05, 4.69) is 0 Å². The van der Waals surface area contributed by atoms with Gasteiger partial charge in [0.25, 0.3) is 5.91 Å². The summed E-state index contributed by atoms with van der Waals surface area (Å²) in [5.74, 6) is 0.120. The van der Waals surface area contributed by atoms with E-state index in [4.69, 9.17) is 11.6 Å². The maximum Gasteiger partial charge on any atom is 0.255 e. The third-order valence-electron chi connectivity index (χ3n) is 4.37. The molecule has 2 aromatic rings. The molecule has 120 valence electrons. The molecule has 4 heteroatoms. The topological polar surface area (TPSA) is 40.5 Å². The Morgan fingerprint density at radius 1 is 1.17 bits per heavy atom. The number of hydrogen-bond donors (Lipinski definition) is 1. The van der Waals surface area contributed by atoms with Crippen LogP contribution in [0.25, 0.3) is 11.1 Å². The monoisotopic (exact) mass is 329 g/mol. The molecule has 0 radical (unpaired) electrons. The number of likely N-dealkylation sites (tertiary alicyclic amines) is 1. The second kappa shape index (κ2) is 7.16. The molecule has 1 N–H and O–H groups in total. The molecule has 1 atom stereocenters. The predicted molar refractivity (Wildman–Crippen MR) is 92.6 cm³/mol. The Morgan fingerprint density at radius 2 is 1.96 bits per heavy atom. The highest BCUT2D eigenvalue weighted by Crippen LogP contribution is 2.27. The number of aliphatic hydroxyl groups excluding tert-OH is 1. The summed E-state index contributed by atoms with van der Waals surface area (Å²) in [7, 11) is 0. The summed E-state index contributed by atoms with van der Waals surface area (Å²) in [6, 6.07) is 15.5. The van der Waals surface area contributed by atoms with Crippen molar-refractivity contribution in [1.29, 1.82) is 0 Å². The van der Waals surface area contributed by atoms with Crippen LogP contribution in [-0.2, 0) is 0 Å². The second-order valence-corrected chi connectivity index (χ2v) is 6.41. The minimum atomic E-state index is -0.0501. The zero-order valence-electron chi connectivity index (χ0n) is 12.9. The highest BCUT2D eigenvalue weighted by molar-refractivity contribution is 6.34. The fourth-order valence-electron chi connectivity index (χ4n) is 3.07. The van der Waals surface area contributed by atoms with E-state index in [1.165, 1.54) is 0 Å². The summed E-state index contributed by atoms with van der Waals surface area (Å²) < 4.78 is 0. The van der Waals surface area contributed by atoms with Gasteiger partial charge in [-0.05, 0) is 42.0 Å². The third kappa shape index (κ3) is 3.57. The molecule has 3 rings (SSSR count). The maximum atomic E-state index is 12.8. The molecule has 1 aliphatic heterocycles. The molecule has 2 aromatic carbocycles. The highest BCUT2D eigenvalue weighted by Gasteiger charge is 2.25. The summed E-state index contributed by atoms with van der Waals surface area (Å²) >= 11 is 6.27. The molecular formula is C19H20ClNO2. The molecule has 0 aromatic heterocycles. The lowest BCUT2D eigenvalue weighted by atomic mass is 9.97. The van der Waals surface area contributed by atoms with Crippen LogP contribution in [0.2, 0.25) is 5.02 Å². The van der Waals surface area contributed by atoms with Crippen molar-refractivity contribution in [2.45, 2.75) is 12.8 Å². The normalized spacial score (nSPS) is 18.0. The van der Waals surface area contributed by atoms with Gasteiger partial charge in [0.15, 0.2) is 0 Å². The minimum Gasteiger partial charge on any atom is -0.396 e. The molecule has 1 saturated heterocycles. The number of rotatable bonds is 3. The molecular weight excluding hydrogens is 310 g/mol. The summed E-state index contributed by atoms with van der Waals surface area (Å²) in [5, 5.41) is 9.82. The number of carbonyl (C=O) groups is 1. The lowest BCUT2D eigenvalue weighted by molar-refractivity contribution is 0.0621. The fraction of sp³-hybridized carbons (Fsp3) is 0.316. The van der Waals surface area contributed by atoms with E-state index < -0.39 is 0 Å². The van der Waals surface area contributed by atoms with Crippen molar-refractivity contribution >= 4 is 17.5 Å². The van der Waals surface area contributed by atoms with E-state index in [0.29, 0.717) is 17.1 Å². The Morgan fingerprint density at radius 3 is 2.70 bits per heavy atom.